The van der Waals surface area contributed by atoms with Crippen LogP contribution < -0.4 is 4.90 Å². The molecule has 0 bridgehead atoms. The van der Waals surface area contributed by atoms with Gasteiger partial charge in [-0.25, -0.2) is 0 Å². The second kappa shape index (κ2) is 8.13. The molecule has 0 N–H and O–H groups in total. The van der Waals surface area contributed by atoms with E-state index in [2.05, 4.69) is 42.2 Å². The van der Waals surface area contributed by atoms with Crippen molar-refractivity contribution in [3.05, 3.63) is 65.2 Å². The molecule has 0 aromatic heterocycles. The summed E-state index contributed by atoms with van der Waals surface area (Å²) >= 11 is 0. The van der Waals surface area contributed by atoms with Gasteiger partial charge in [0.25, 0.3) is 5.91 Å². The number of aryl methyl sites for hydroxylation is 1. The largest absolute Gasteiger partial charge is 0.378 e. The van der Waals surface area contributed by atoms with Crippen LogP contribution in [0.15, 0.2) is 48.5 Å². The Morgan fingerprint density at radius 3 is 2.67 bits per heavy atom. The van der Waals surface area contributed by atoms with Gasteiger partial charge in [0, 0.05) is 43.3 Å². The van der Waals surface area contributed by atoms with Crippen LogP contribution in [0.4, 0.5) is 5.69 Å². The first kappa shape index (κ1) is 18.1. The number of hydrogen-bond acceptors (Lipinski definition) is 3. The fraction of sp³-hybridized carbons (Fsp3) is 0.435. The van der Waals surface area contributed by atoms with Crippen molar-refractivity contribution < 1.29 is 9.53 Å². The highest BCUT2D eigenvalue weighted by atomic mass is 16.5. The molecule has 2 aliphatic rings. The van der Waals surface area contributed by atoms with Gasteiger partial charge in [0.1, 0.15) is 0 Å². The van der Waals surface area contributed by atoms with E-state index in [0.717, 1.165) is 63.5 Å². The van der Waals surface area contributed by atoms with Crippen molar-refractivity contribution in [2.75, 3.05) is 44.3 Å². The molecule has 27 heavy (non-hydrogen) atoms. The average molecular weight is 364 g/mol. The summed E-state index contributed by atoms with van der Waals surface area (Å²) in [5.74, 6) is 0.590. The van der Waals surface area contributed by atoms with Crippen molar-refractivity contribution in [1.82, 2.24) is 4.90 Å². The quantitative estimate of drug-likeness (QED) is 0.829. The van der Waals surface area contributed by atoms with E-state index in [1.54, 1.807) is 0 Å². The Kier molecular flexibility index (Phi) is 5.44. The van der Waals surface area contributed by atoms with Crippen LogP contribution in [-0.4, -0.2) is 50.2 Å². The van der Waals surface area contributed by atoms with Crippen molar-refractivity contribution in [2.45, 2.75) is 25.7 Å². The first-order chi connectivity index (χ1) is 13.2. The van der Waals surface area contributed by atoms with Gasteiger partial charge in [-0.1, -0.05) is 35.9 Å². The average Bonchev–Trinajstić information content (AvgIpc) is 2.74. The Morgan fingerprint density at radius 2 is 1.85 bits per heavy atom. The summed E-state index contributed by atoms with van der Waals surface area (Å²) in [6, 6.07) is 16.8. The Balaban J connectivity index is 1.49. The van der Waals surface area contributed by atoms with Crippen molar-refractivity contribution in [1.29, 1.82) is 0 Å². The predicted molar refractivity (Wildman–Crippen MR) is 109 cm³/mol. The fourth-order valence-corrected chi connectivity index (χ4v) is 4.20. The molecule has 1 amide bonds. The molecule has 2 aliphatic heterocycles. The lowest BCUT2D eigenvalue weighted by atomic mass is 9.89. The molecule has 4 rings (SSSR count). The third-order valence-electron chi connectivity index (χ3n) is 5.69. The summed E-state index contributed by atoms with van der Waals surface area (Å²) in [7, 11) is 0. The number of likely N-dealkylation sites (tertiary alicyclic amines) is 1. The van der Waals surface area contributed by atoms with Gasteiger partial charge in [0.15, 0.2) is 0 Å². The molecule has 4 heteroatoms. The zero-order valence-electron chi connectivity index (χ0n) is 16.1. The zero-order chi connectivity index (χ0) is 18.6. The molecular formula is C23H28N2O2. The number of piperidine rings is 1. The molecule has 2 aromatic rings. The second-order valence-corrected chi connectivity index (χ2v) is 7.65. The molecular weight excluding hydrogens is 336 g/mol. The molecule has 0 spiro atoms. The third kappa shape index (κ3) is 4.16. The van der Waals surface area contributed by atoms with E-state index in [0.29, 0.717) is 5.92 Å². The summed E-state index contributed by atoms with van der Waals surface area (Å²) in [5, 5.41) is 0. The van der Waals surface area contributed by atoms with E-state index in [4.69, 9.17) is 4.74 Å². The van der Waals surface area contributed by atoms with Crippen molar-refractivity contribution >= 4 is 11.6 Å². The summed E-state index contributed by atoms with van der Waals surface area (Å²) < 4.78 is 5.44. The number of amides is 1. The van der Waals surface area contributed by atoms with E-state index in [9.17, 15) is 4.79 Å². The first-order valence-electron chi connectivity index (χ1n) is 9.99. The maximum atomic E-state index is 13.2. The number of morpholine rings is 1. The number of carbonyl (C=O) groups is 1. The van der Waals surface area contributed by atoms with Gasteiger partial charge < -0.3 is 14.5 Å². The first-order valence-corrected chi connectivity index (χ1v) is 9.99. The molecule has 0 saturated carbocycles. The molecule has 4 nitrogen and oxygen atoms in total. The van der Waals surface area contributed by atoms with Crippen LogP contribution in [0.3, 0.4) is 0 Å². The van der Waals surface area contributed by atoms with Gasteiger partial charge in [0.2, 0.25) is 0 Å². The standard InChI is InChI=1S/C23H28N2O2/c1-18-5-2-6-19(15-18)21-8-4-10-25(17-21)23(26)20-7-3-9-22(16-20)24-11-13-27-14-12-24/h2-3,5-7,9,15-16,21H,4,8,10-14,17H2,1H3/t21-/m1/s1. The Hall–Kier alpha value is -2.33. The minimum Gasteiger partial charge on any atom is -0.378 e. The summed E-state index contributed by atoms with van der Waals surface area (Å²) in [6.45, 7) is 7.07. The monoisotopic (exact) mass is 364 g/mol. The Labute approximate surface area is 161 Å². The number of nitrogens with zero attached hydrogens (tertiary/aromatic N) is 2. The van der Waals surface area contributed by atoms with Crippen LogP contribution in [-0.2, 0) is 4.74 Å². The van der Waals surface area contributed by atoms with Crippen molar-refractivity contribution in [2.24, 2.45) is 0 Å². The molecule has 1 atom stereocenters. The third-order valence-corrected chi connectivity index (χ3v) is 5.69. The van der Waals surface area contributed by atoms with Crippen LogP contribution in [0.1, 0.15) is 40.2 Å². The molecule has 2 saturated heterocycles. The van der Waals surface area contributed by atoms with E-state index in [-0.39, 0.29) is 5.91 Å². The van der Waals surface area contributed by atoms with Crippen LogP contribution >= 0.6 is 0 Å². The number of hydrogen-bond donors (Lipinski definition) is 0. The molecule has 2 heterocycles. The normalized spacial score (nSPS) is 20.6. The summed E-state index contributed by atoms with van der Waals surface area (Å²) in [4.78, 5) is 17.5. The maximum Gasteiger partial charge on any atom is 0.253 e. The zero-order valence-corrected chi connectivity index (χ0v) is 16.1. The molecule has 0 unspecified atom stereocenters. The van der Waals surface area contributed by atoms with E-state index in [1.165, 1.54) is 11.1 Å². The van der Waals surface area contributed by atoms with Gasteiger partial charge in [-0.05, 0) is 43.5 Å². The number of rotatable bonds is 3. The second-order valence-electron chi connectivity index (χ2n) is 7.65. The molecule has 142 valence electrons. The minimum absolute atomic E-state index is 0.155. The highest BCUT2D eigenvalue weighted by Crippen LogP contribution is 2.29. The number of benzene rings is 2. The topological polar surface area (TPSA) is 32.8 Å². The molecule has 0 aliphatic carbocycles. The summed E-state index contributed by atoms with van der Waals surface area (Å²) in [5.41, 5.74) is 4.56. The highest BCUT2D eigenvalue weighted by Gasteiger charge is 2.26. The van der Waals surface area contributed by atoms with E-state index >= 15 is 0 Å². The van der Waals surface area contributed by atoms with Crippen molar-refractivity contribution in [3.63, 3.8) is 0 Å². The van der Waals surface area contributed by atoms with Gasteiger partial charge in [-0.15, -0.1) is 0 Å². The maximum absolute atomic E-state index is 13.2. The van der Waals surface area contributed by atoms with Crippen LogP contribution in [0.25, 0.3) is 0 Å². The predicted octanol–water partition coefficient (Wildman–Crippen LogP) is 3.85. The van der Waals surface area contributed by atoms with Crippen molar-refractivity contribution in [3.8, 4) is 0 Å². The number of carbonyl (C=O) groups excluding carboxylic acids is 1. The molecule has 2 aromatic carbocycles. The molecule has 0 radical (unpaired) electrons. The number of ether oxygens (including phenoxy) is 1. The SMILES string of the molecule is Cc1cccc([C@@H]2CCCN(C(=O)c3cccc(N4CCOCC4)c3)C2)c1. The lowest BCUT2D eigenvalue weighted by molar-refractivity contribution is 0.0707. The fourth-order valence-electron chi connectivity index (χ4n) is 4.20. The minimum atomic E-state index is 0.155. The Morgan fingerprint density at radius 1 is 1.04 bits per heavy atom. The van der Waals surface area contributed by atoms with E-state index < -0.39 is 0 Å². The highest BCUT2D eigenvalue weighted by molar-refractivity contribution is 5.95. The molecule has 2 fully saturated rings. The smallest absolute Gasteiger partial charge is 0.253 e. The van der Waals surface area contributed by atoms with Gasteiger partial charge in [-0.3, -0.25) is 4.79 Å². The van der Waals surface area contributed by atoms with Crippen LogP contribution in [0, 0.1) is 6.92 Å². The van der Waals surface area contributed by atoms with Gasteiger partial charge in [-0.2, -0.15) is 0 Å². The lowest BCUT2D eigenvalue weighted by Crippen LogP contribution is -2.39. The van der Waals surface area contributed by atoms with Gasteiger partial charge >= 0.3 is 0 Å². The lowest BCUT2D eigenvalue weighted by Gasteiger charge is -2.34. The Bertz CT molecular complexity index is 798. The summed E-state index contributed by atoms with van der Waals surface area (Å²) in [6.07, 6.45) is 2.22. The van der Waals surface area contributed by atoms with Gasteiger partial charge in [0.05, 0.1) is 13.2 Å². The van der Waals surface area contributed by atoms with Crippen LogP contribution in [0.2, 0.25) is 0 Å². The number of anilines is 1. The van der Waals surface area contributed by atoms with E-state index in [1.807, 2.05) is 23.1 Å². The van der Waals surface area contributed by atoms with Crippen LogP contribution in [0.5, 0.6) is 0 Å².